The highest BCUT2D eigenvalue weighted by atomic mass is 32.2. The Hall–Kier alpha value is -2.03. The Balaban J connectivity index is 1.55. The summed E-state index contributed by atoms with van der Waals surface area (Å²) in [6.45, 7) is 0.981. The molecule has 8 heteroatoms. The van der Waals surface area contributed by atoms with Crippen molar-refractivity contribution in [2.24, 2.45) is 11.1 Å². The van der Waals surface area contributed by atoms with E-state index in [1.165, 1.54) is 4.31 Å². The van der Waals surface area contributed by atoms with Crippen molar-refractivity contribution in [3.05, 3.63) is 42.1 Å². The zero-order chi connectivity index (χ0) is 17.2. The molecule has 2 aromatic rings. The molecule has 0 aliphatic carbocycles. The third-order valence-electron chi connectivity index (χ3n) is 4.30. The number of amides is 1. The number of fused-ring (bicyclic) bond motifs is 1. The van der Waals surface area contributed by atoms with E-state index in [0.717, 1.165) is 16.5 Å². The molecule has 1 aromatic carbocycles. The number of nitrogens with one attached hydrogen (secondary N) is 1. The SMILES string of the molecule is NS(=O)(=O)N1CCC(C(=O)NCc2cnc3ccccc3c2)CC1. The number of benzene rings is 1. The minimum Gasteiger partial charge on any atom is -0.352 e. The summed E-state index contributed by atoms with van der Waals surface area (Å²) in [5, 5.41) is 9.04. The molecule has 3 N–H and O–H groups in total. The van der Waals surface area contributed by atoms with Crippen LogP contribution in [0, 0.1) is 5.92 Å². The minimum absolute atomic E-state index is 0.0581. The average Bonchev–Trinajstić information content (AvgIpc) is 2.59. The molecule has 3 rings (SSSR count). The highest BCUT2D eigenvalue weighted by Gasteiger charge is 2.29. The molecule has 1 saturated heterocycles. The van der Waals surface area contributed by atoms with Crippen molar-refractivity contribution in [2.45, 2.75) is 19.4 Å². The predicted octanol–water partition coefficient (Wildman–Crippen LogP) is 0.767. The molecule has 7 nitrogen and oxygen atoms in total. The van der Waals surface area contributed by atoms with Crippen LogP contribution in [-0.2, 0) is 21.5 Å². The Labute approximate surface area is 141 Å². The zero-order valence-corrected chi connectivity index (χ0v) is 14.0. The van der Waals surface area contributed by atoms with E-state index in [4.69, 9.17) is 5.14 Å². The number of nitrogens with two attached hydrogens (primary N) is 1. The molecule has 0 radical (unpaired) electrons. The van der Waals surface area contributed by atoms with Crippen molar-refractivity contribution in [1.82, 2.24) is 14.6 Å². The van der Waals surface area contributed by atoms with Gasteiger partial charge in [-0.05, 0) is 30.5 Å². The van der Waals surface area contributed by atoms with Crippen LogP contribution in [0.3, 0.4) is 0 Å². The van der Waals surface area contributed by atoms with Crippen molar-refractivity contribution >= 4 is 27.0 Å². The average molecular weight is 348 g/mol. The Morgan fingerprint density at radius 1 is 1.29 bits per heavy atom. The third-order valence-corrected chi connectivity index (χ3v) is 5.38. The summed E-state index contributed by atoms with van der Waals surface area (Å²) in [5.74, 6) is -0.242. The molecule has 0 atom stereocenters. The summed E-state index contributed by atoms with van der Waals surface area (Å²) < 4.78 is 23.8. The second kappa shape index (κ2) is 6.84. The number of aromatic nitrogens is 1. The monoisotopic (exact) mass is 348 g/mol. The molecule has 128 valence electrons. The number of carbonyl (C=O) groups is 1. The highest BCUT2D eigenvalue weighted by Crippen LogP contribution is 2.19. The van der Waals surface area contributed by atoms with E-state index in [9.17, 15) is 13.2 Å². The first-order valence-electron chi connectivity index (χ1n) is 7.83. The second-order valence-electron chi connectivity index (χ2n) is 5.97. The van der Waals surface area contributed by atoms with Gasteiger partial charge < -0.3 is 5.32 Å². The van der Waals surface area contributed by atoms with Crippen molar-refractivity contribution in [1.29, 1.82) is 0 Å². The second-order valence-corrected chi connectivity index (χ2v) is 7.52. The Morgan fingerprint density at radius 2 is 2.00 bits per heavy atom. The van der Waals surface area contributed by atoms with Crippen LogP contribution in [0.25, 0.3) is 10.9 Å². The molecule has 0 spiro atoms. The predicted molar refractivity (Wildman–Crippen MR) is 91.0 cm³/mol. The van der Waals surface area contributed by atoms with E-state index in [-0.39, 0.29) is 24.9 Å². The molecular weight excluding hydrogens is 328 g/mol. The summed E-state index contributed by atoms with van der Waals surface area (Å²) >= 11 is 0. The van der Waals surface area contributed by atoms with Crippen LogP contribution >= 0.6 is 0 Å². The maximum absolute atomic E-state index is 12.3. The molecule has 0 saturated carbocycles. The number of rotatable bonds is 4. The smallest absolute Gasteiger partial charge is 0.276 e. The van der Waals surface area contributed by atoms with Crippen LogP contribution in [-0.4, -0.2) is 36.7 Å². The van der Waals surface area contributed by atoms with E-state index in [1.54, 1.807) is 6.20 Å². The van der Waals surface area contributed by atoms with Gasteiger partial charge in [-0.25, -0.2) is 5.14 Å². The quantitative estimate of drug-likeness (QED) is 0.851. The molecule has 1 aromatic heterocycles. The van der Waals surface area contributed by atoms with Crippen molar-refractivity contribution in [2.75, 3.05) is 13.1 Å². The molecule has 0 bridgehead atoms. The fraction of sp³-hybridized carbons (Fsp3) is 0.375. The van der Waals surface area contributed by atoms with Gasteiger partial charge in [0.15, 0.2) is 0 Å². The summed E-state index contributed by atoms with van der Waals surface area (Å²) in [7, 11) is -3.66. The van der Waals surface area contributed by atoms with Crippen LogP contribution in [0.1, 0.15) is 18.4 Å². The first-order chi connectivity index (χ1) is 11.4. The topological polar surface area (TPSA) is 105 Å². The van der Waals surface area contributed by atoms with Gasteiger partial charge in [-0.1, -0.05) is 18.2 Å². The van der Waals surface area contributed by atoms with Gasteiger partial charge in [-0.2, -0.15) is 12.7 Å². The third kappa shape index (κ3) is 3.89. The molecule has 1 amide bonds. The first kappa shape index (κ1) is 16.8. The fourth-order valence-electron chi connectivity index (χ4n) is 2.92. The Bertz CT molecular complexity index is 845. The van der Waals surface area contributed by atoms with E-state index in [0.29, 0.717) is 19.4 Å². The van der Waals surface area contributed by atoms with E-state index < -0.39 is 10.2 Å². The standard InChI is InChI=1S/C16H20N4O3S/c17-24(22,23)20-7-5-13(6-8-20)16(21)19-11-12-9-14-3-1-2-4-15(14)18-10-12/h1-4,9-10,13H,5-8,11H2,(H,19,21)(H2,17,22,23). The zero-order valence-electron chi connectivity index (χ0n) is 13.2. The van der Waals surface area contributed by atoms with Gasteiger partial charge in [0.1, 0.15) is 0 Å². The Kier molecular flexibility index (Phi) is 4.79. The maximum Gasteiger partial charge on any atom is 0.276 e. The fourth-order valence-corrected chi connectivity index (χ4v) is 3.64. The van der Waals surface area contributed by atoms with Gasteiger partial charge >= 0.3 is 0 Å². The summed E-state index contributed by atoms with van der Waals surface area (Å²) in [4.78, 5) is 16.6. The van der Waals surface area contributed by atoms with Gasteiger partial charge in [0.25, 0.3) is 10.2 Å². The van der Waals surface area contributed by atoms with Crippen LogP contribution in [0.15, 0.2) is 36.5 Å². The number of hydrogen-bond acceptors (Lipinski definition) is 4. The van der Waals surface area contributed by atoms with Gasteiger partial charge in [0, 0.05) is 37.1 Å². The van der Waals surface area contributed by atoms with Crippen molar-refractivity contribution < 1.29 is 13.2 Å². The minimum atomic E-state index is -3.66. The maximum atomic E-state index is 12.3. The lowest BCUT2D eigenvalue weighted by molar-refractivity contribution is -0.126. The lowest BCUT2D eigenvalue weighted by atomic mass is 9.97. The Morgan fingerprint density at radius 3 is 2.71 bits per heavy atom. The molecule has 1 aliphatic rings. The van der Waals surface area contributed by atoms with Gasteiger partial charge in [-0.15, -0.1) is 0 Å². The molecule has 1 aliphatic heterocycles. The number of para-hydroxylation sites is 1. The van der Waals surface area contributed by atoms with Crippen LogP contribution in [0.4, 0.5) is 0 Å². The van der Waals surface area contributed by atoms with Crippen LogP contribution in [0.2, 0.25) is 0 Å². The lowest BCUT2D eigenvalue weighted by Crippen LogP contribution is -2.45. The van der Waals surface area contributed by atoms with Gasteiger partial charge in [-0.3, -0.25) is 9.78 Å². The van der Waals surface area contributed by atoms with E-state index >= 15 is 0 Å². The lowest BCUT2D eigenvalue weighted by Gasteiger charge is -2.29. The summed E-state index contributed by atoms with van der Waals surface area (Å²) in [6.07, 6.45) is 2.72. The van der Waals surface area contributed by atoms with Crippen LogP contribution < -0.4 is 10.5 Å². The highest BCUT2D eigenvalue weighted by molar-refractivity contribution is 7.86. The first-order valence-corrected chi connectivity index (χ1v) is 9.33. The van der Waals surface area contributed by atoms with E-state index in [2.05, 4.69) is 10.3 Å². The van der Waals surface area contributed by atoms with Crippen LogP contribution in [0.5, 0.6) is 0 Å². The number of carbonyl (C=O) groups excluding carboxylic acids is 1. The van der Waals surface area contributed by atoms with Crippen molar-refractivity contribution in [3.63, 3.8) is 0 Å². The molecule has 24 heavy (non-hydrogen) atoms. The molecule has 1 fully saturated rings. The number of pyridine rings is 1. The summed E-state index contributed by atoms with van der Waals surface area (Å²) in [6, 6.07) is 9.82. The van der Waals surface area contributed by atoms with Gasteiger partial charge in [0.05, 0.1) is 5.52 Å². The molecule has 0 unspecified atom stereocenters. The number of hydrogen-bond donors (Lipinski definition) is 2. The molecular formula is C16H20N4O3S. The largest absolute Gasteiger partial charge is 0.352 e. The van der Waals surface area contributed by atoms with E-state index in [1.807, 2.05) is 30.3 Å². The number of nitrogens with zero attached hydrogens (tertiary/aromatic N) is 2. The van der Waals surface area contributed by atoms with Gasteiger partial charge in [0.2, 0.25) is 5.91 Å². The normalized spacial score (nSPS) is 17.0. The van der Waals surface area contributed by atoms with Crippen molar-refractivity contribution in [3.8, 4) is 0 Å². The summed E-state index contributed by atoms with van der Waals surface area (Å²) in [5.41, 5.74) is 1.85. The number of piperidine rings is 1. The molecule has 2 heterocycles.